The highest BCUT2D eigenvalue weighted by molar-refractivity contribution is 7.14. The largest absolute Gasteiger partial charge is 0.493 e. The molecule has 41 heavy (non-hydrogen) atoms. The first-order valence-corrected chi connectivity index (χ1v) is 12.8. The van der Waals surface area contributed by atoms with Gasteiger partial charge in [0.1, 0.15) is 11.4 Å². The number of halogens is 2. The van der Waals surface area contributed by atoms with E-state index < -0.39 is 36.4 Å². The molecule has 1 unspecified atom stereocenters. The summed E-state index contributed by atoms with van der Waals surface area (Å²) in [6, 6.07) is 9.26. The fourth-order valence-corrected chi connectivity index (χ4v) is 4.00. The minimum atomic E-state index is -1.10. The number of rotatable bonds is 14. The SMILES string of the molecule is Cl.Cl.NCCCOc1ccccc1CNC(=O)Nc1nc(C(=O)NCC(=O)NC(CC(=O)O)c2cccnc2)cs1. The van der Waals surface area contributed by atoms with Gasteiger partial charge in [0, 0.05) is 29.9 Å². The molecule has 13 nitrogen and oxygen atoms in total. The van der Waals surface area contributed by atoms with Gasteiger partial charge in [-0.15, -0.1) is 36.2 Å². The maximum atomic E-state index is 12.4. The molecule has 2 aromatic heterocycles. The second kappa shape index (κ2) is 18.4. The number of anilines is 1. The van der Waals surface area contributed by atoms with Crippen LogP contribution in [0.25, 0.3) is 0 Å². The van der Waals surface area contributed by atoms with Crippen LogP contribution in [0.1, 0.15) is 40.5 Å². The molecule has 0 spiro atoms. The topological polar surface area (TPSA) is 198 Å². The number of nitrogens with one attached hydrogen (secondary N) is 4. The number of carbonyl (C=O) groups is 4. The number of urea groups is 1. The molecule has 0 aliphatic rings. The number of nitrogens with zero attached hydrogens (tertiary/aromatic N) is 2. The summed E-state index contributed by atoms with van der Waals surface area (Å²) in [7, 11) is 0. The van der Waals surface area contributed by atoms with Crippen LogP contribution in [0.15, 0.2) is 54.2 Å². The second-order valence-electron chi connectivity index (χ2n) is 8.13. The third kappa shape index (κ3) is 12.0. The number of carbonyl (C=O) groups excluding carboxylic acids is 3. The summed E-state index contributed by atoms with van der Waals surface area (Å²) < 4.78 is 5.69. The first kappa shape index (κ1) is 35.0. The molecule has 0 radical (unpaired) electrons. The molecular formula is C25H31Cl2N7O6S. The maximum absolute atomic E-state index is 12.4. The summed E-state index contributed by atoms with van der Waals surface area (Å²) in [6.45, 7) is 0.797. The predicted molar refractivity (Wildman–Crippen MR) is 158 cm³/mol. The van der Waals surface area contributed by atoms with Crippen LogP contribution in [0.3, 0.4) is 0 Å². The van der Waals surface area contributed by atoms with Gasteiger partial charge >= 0.3 is 12.0 Å². The summed E-state index contributed by atoms with van der Waals surface area (Å²) >= 11 is 1.04. The molecule has 4 amide bonds. The predicted octanol–water partition coefficient (Wildman–Crippen LogP) is 2.49. The Labute approximate surface area is 252 Å². The Balaban J connectivity index is 0.00000420. The Kier molecular flexibility index (Phi) is 15.7. The van der Waals surface area contributed by atoms with Crippen molar-refractivity contribution in [3.8, 4) is 5.75 Å². The summed E-state index contributed by atoms with van der Waals surface area (Å²) in [4.78, 5) is 56.3. The fourth-order valence-electron chi connectivity index (χ4n) is 3.31. The number of thiazole rings is 1. The van der Waals surface area contributed by atoms with E-state index in [2.05, 4.69) is 31.2 Å². The number of benzene rings is 1. The van der Waals surface area contributed by atoms with E-state index in [0.717, 1.165) is 16.9 Å². The molecule has 0 aliphatic heterocycles. The minimum Gasteiger partial charge on any atom is -0.493 e. The fraction of sp³-hybridized carbons (Fsp3) is 0.280. The van der Waals surface area contributed by atoms with Crippen LogP contribution in [0.5, 0.6) is 5.75 Å². The molecule has 0 bridgehead atoms. The van der Waals surface area contributed by atoms with Gasteiger partial charge in [-0.05, 0) is 30.7 Å². The van der Waals surface area contributed by atoms with E-state index in [1.807, 2.05) is 24.3 Å². The number of carboxylic acid groups (broad SMARTS) is 1. The number of nitrogens with two attached hydrogens (primary N) is 1. The van der Waals surface area contributed by atoms with E-state index in [9.17, 15) is 19.2 Å². The first-order chi connectivity index (χ1) is 18.9. The van der Waals surface area contributed by atoms with E-state index >= 15 is 0 Å². The number of aromatic nitrogens is 2. The van der Waals surface area contributed by atoms with Crippen molar-refractivity contribution in [1.82, 2.24) is 25.9 Å². The summed E-state index contributed by atoms with van der Waals surface area (Å²) in [5.41, 5.74) is 6.81. The van der Waals surface area contributed by atoms with E-state index in [0.29, 0.717) is 30.9 Å². The average Bonchev–Trinajstić information content (AvgIpc) is 3.39. The Morgan fingerprint density at radius 1 is 1.07 bits per heavy atom. The quantitative estimate of drug-likeness (QED) is 0.145. The number of amides is 4. The molecule has 0 saturated carbocycles. The lowest BCUT2D eigenvalue weighted by molar-refractivity contribution is -0.137. The van der Waals surface area contributed by atoms with Gasteiger partial charge in [-0.25, -0.2) is 9.78 Å². The van der Waals surface area contributed by atoms with E-state index in [4.69, 9.17) is 15.6 Å². The Hall–Kier alpha value is -3.98. The molecule has 7 N–H and O–H groups in total. The van der Waals surface area contributed by atoms with Crippen molar-refractivity contribution in [3.05, 3.63) is 71.0 Å². The number of hydrogen-bond acceptors (Lipinski definition) is 9. The molecule has 3 rings (SSSR count). The minimum absolute atomic E-state index is 0. The van der Waals surface area contributed by atoms with Crippen molar-refractivity contribution in [2.75, 3.05) is 25.0 Å². The molecule has 0 fully saturated rings. The molecule has 1 aromatic carbocycles. The van der Waals surface area contributed by atoms with E-state index in [1.54, 1.807) is 12.1 Å². The number of pyridine rings is 1. The monoisotopic (exact) mass is 627 g/mol. The number of ether oxygens (including phenoxy) is 1. The standard InChI is InChI=1S/C25H29N7O6S.2ClH/c26-8-4-10-38-20-7-2-1-5-17(20)13-29-24(37)32-25-31-19(15-39-25)23(36)28-14-21(33)30-18(11-22(34)35)16-6-3-9-27-12-16;;/h1-3,5-7,9,12,15,18H,4,8,10-11,13-14,26H2,(H,28,36)(H,30,33)(H,34,35)(H2,29,31,32,37);2*1H. The van der Waals surface area contributed by atoms with Crippen LogP contribution in [-0.4, -0.2) is 58.6 Å². The third-order valence-electron chi connectivity index (χ3n) is 5.19. The molecule has 1 atom stereocenters. The van der Waals surface area contributed by atoms with Crippen LogP contribution in [0.4, 0.5) is 9.93 Å². The van der Waals surface area contributed by atoms with Crippen molar-refractivity contribution in [1.29, 1.82) is 0 Å². The summed E-state index contributed by atoms with van der Waals surface area (Å²) in [6.07, 6.45) is 3.36. The Morgan fingerprint density at radius 3 is 2.56 bits per heavy atom. The molecule has 0 aliphatic carbocycles. The van der Waals surface area contributed by atoms with Gasteiger partial charge in [0.25, 0.3) is 5.91 Å². The second-order valence-corrected chi connectivity index (χ2v) is 8.99. The number of hydrogen-bond donors (Lipinski definition) is 6. The van der Waals surface area contributed by atoms with E-state index in [1.165, 1.54) is 17.8 Å². The average molecular weight is 629 g/mol. The van der Waals surface area contributed by atoms with Crippen molar-refractivity contribution in [2.24, 2.45) is 5.73 Å². The zero-order valence-corrected chi connectivity index (χ0v) is 24.2. The molecule has 0 saturated heterocycles. The summed E-state index contributed by atoms with van der Waals surface area (Å²) in [5, 5.41) is 21.1. The van der Waals surface area contributed by atoms with Gasteiger partial charge in [0.05, 0.1) is 25.6 Å². The van der Waals surface area contributed by atoms with E-state index in [-0.39, 0.29) is 48.6 Å². The maximum Gasteiger partial charge on any atom is 0.321 e. The van der Waals surface area contributed by atoms with Crippen LogP contribution in [-0.2, 0) is 16.1 Å². The normalized spacial score (nSPS) is 10.7. The van der Waals surface area contributed by atoms with Crippen LogP contribution in [0.2, 0.25) is 0 Å². The highest BCUT2D eigenvalue weighted by Crippen LogP contribution is 2.19. The Morgan fingerprint density at radius 2 is 1.85 bits per heavy atom. The van der Waals surface area contributed by atoms with Gasteiger partial charge in [-0.2, -0.15) is 0 Å². The zero-order valence-electron chi connectivity index (χ0n) is 21.7. The highest BCUT2D eigenvalue weighted by Gasteiger charge is 2.19. The zero-order chi connectivity index (χ0) is 28.0. The summed E-state index contributed by atoms with van der Waals surface area (Å²) in [5.74, 6) is -1.66. The molecule has 2 heterocycles. The van der Waals surface area contributed by atoms with Crippen LogP contribution < -0.4 is 31.7 Å². The first-order valence-electron chi connectivity index (χ1n) is 12.0. The molecule has 222 valence electrons. The third-order valence-corrected chi connectivity index (χ3v) is 5.94. The lowest BCUT2D eigenvalue weighted by atomic mass is 10.1. The Bertz CT molecular complexity index is 1280. The van der Waals surface area contributed by atoms with Gasteiger partial charge in [-0.1, -0.05) is 24.3 Å². The molecule has 3 aromatic rings. The lowest BCUT2D eigenvalue weighted by Gasteiger charge is -2.17. The van der Waals surface area contributed by atoms with Crippen molar-refractivity contribution in [3.63, 3.8) is 0 Å². The van der Waals surface area contributed by atoms with Crippen LogP contribution >= 0.6 is 36.2 Å². The van der Waals surface area contributed by atoms with Crippen molar-refractivity contribution < 1.29 is 29.0 Å². The van der Waals surface area contributed by atoms with Crippen molar-refractivity contribution in [2.45, 2.75) is 25.4 Å². The van der Waals surface area contributed by atoms with Crippen LogP contribution in [0, 0.1) is 0 Å². The number of carboxylic acids is 1. The van der Waals surface area contributed by atoms with Gasteiger partial charge < -0.3 is 31.5 Å². The number of para-hydroxylation sites is 1. The smallest absolute Gasteiger partial charge is 0.321 e. The van der Waals surface area contributed by atoms with Gasteiger partial charge in [0.15, 0.2) is 5.13 Å². The van der Waals surface area contributed by atoms with Gasteiger partial charge in [0.2, 0.25) is 5.91 Å². The highest BCUT2D eigenvalue weighted by atomic mass is 35.5. The lowest BCUT2D eigenvalue weighted by Crippen LogP contribution is -2.39. The molecule has 16 heteroatoms. The number of aliphatic carboxylic acids is 1. The van der Waals surface area contributed by atoms with Gasteiger partial charge in [-0.3, -0.25) is 24.7 Å². The molecular weight excluding hydrogens is 597 g/mol. The van der Waals surface area contributed by atoms with Crippen molar-refractivity contribution >= 4 is 65.1 Å².